The molecule has 0 spiro atoms. The lowest BCUT2D eigenvalue weighted by atomic mass is 10.1. The van der Waals surface area contributed by atoms with Crippen LogP contribution in [0.25, 0.3) is 0 Å². The molecule has 0 atom stereocenters. The second-order valence-electron chi connectivity index (χ2n) is 4.68. The van der Waals surface area contributed by atoms with Crippen LogP contribution in [0.3, 0.4) is 0 Å². The van der Waals surface area contributed by atoms with Crippen molar-refractivity contribution in [3.8, 4) is 5.75 Å². The molecule has 21 heavy (non-hydrogen) atoms. The Morgan fingerprint density at radius 2 is 1.81 bits per heavy atom. The van der Waals surface area contributed by atoms with Gasteiger partial charge in [-0.05, 0) is 41.8 Å². The predicted octanol–water partition coefficient (Wildman–Crippen LogP) is 3.52. The van der Waals surface area contributed by atoms with Crippen LogP contribution < -0.4 is 10.5 Å². The minimum atomic E-state index is -0.823. The molecule has 0 aliphatic rings. The van der Waals surface area contributed by atoms with Gasteiger partial charge in [-0.2, -0.15) is 0 Å². The van der Waals surface area contributed by atoms with Crippen molar-refractivity contribution in [2.24, 2.45) is 0 Å². The Labute approximate surface area is 128 Å². The van der Waals surface area contributed by atoms with Gasteiger partial charge in [-0.25, -0.2) is 0 Å². The molecule has 2 rings (SSSR count). The zero-order chi connectivity index (χ0) is 15.2. The molecule has 0 aromatic heterocycles. The molecule has 0 aliphatic carbocycles. The molecule has 5 heteroatoms. The van der Waals surface area contributed by atoms with Crippen LogP contribution in [0.15, 0.2) is 42.5 Å². The molecule has 0 amide bonds. The molecule has 4 nitrogen and oxygen atoms in total. The van der Waals surface area contributed by atoms with Crippen molar-refractivity contribution in [2.75, 3.05) is 5.73 Å². The molecule has 0 fully saturated rings. The lowest BCUT2D eigenvalue weighted by Crippen LogP contribution is -2.01. The lowest BCUT2D eigenvalue weighted by Gasteiger charge is -2.10. The van der Waals surface area contributed by atoms with Gasteiger partial charge in [-0.1, -0.05) is 29.8 Å². The van der Waals surface area contributed by atoms with Crippen LogP contribution in [0, 0.1) is 0 Å². The van der Waals surface area contributed by atoms with Crippen molar-refractivity contribution in [1.29, 1.82) is 0 Å². The van der Waals surface area contributed by atoms with Crippen LogP contribution in [0.5, 0.6) is 5.75 Å². The predicted molar refractivity (Wildman–Crippen MR) is 82.6 cm³/mol. The quantitative estimate of drug-likeness (QED) is 0.801. The Kier molecular flexibility index (Phi) is 5.06. The number of benzene rings is 2. The molecule has 2 aromatic rings. The first-order valence-corrected chi connectivity index (χ1v) is 6.90. The monoisotopic (exact) mass is 305 g/mol. The van der Waals surface area contributed by atoms with Crippen molar-refractivity contribution in [3.63, 3.8) is 0 Å². The van der Waals surface area contributed by atoms with Gasteiger partial charge in [0.05, 0.1) is 5.69 Å². The summed E-state index contributed by atoms with van der Waals surface area (Å²) in [5.74, 6) is -0.235. The number of hydrogen-bond donors (Lipinski definition) is 2. The second kappa shape index (κ2) is 6.99. The van der Waals surface area contributed by atoms with Crippen molar-refractivity contribution in [1.82, 2.24) is 0 Å². The average molecular weight is 306 g/mol. The summed E-state index contributed by atoms with van der Waals surface area (Å²) in [7, 11) is 0. The topological polar surface area (TPSA) is 72.6 Å². The highest BCUT2D eigenvalue weighted by molar-refractivity contribution is 6.30. The lowest BCUT2D eigenvalue weighted by molar-refractivity contribution is -0.136. The molecule has 0 saturated heterocycles. The molecular formula is C16H16ClNO3. The standard InChI is InChI=1S/C16H16ClNO3/c17-13-5-1-12(2-6-13)10-21-15-7-3-11(9-14(15)18)4-8-16(19)20/h1-3,5-7,9H,4,8,10,18H2,(H,19,20). The van der Waals surface area contributed by atoms with E-state index in [1.807, 2.05) is 18.2 Å². The summed E-state index contributed by atoms with van der Waals surface area (Å²) in [5, 5.41) is 9.34. The fraction of sp³-hybridized carbons (Fsp3) is 0.188. The zero-order valence-corrected chi connectivity index (χ0v) is 12.1. The largest absolute Gasteiger partial charge is 0.487 e. The summed E-state index contributed by atoms with van der Waals surface area (Å²) in [4.78, 5) is 10.5. The van der Waals surface area contributed by atoms with Crippen LogP contribution in [0.4, 0.5) is 5.69 Å². The maximum absolute atomic E-state index is 10.5. The summed E-state index contributed by atoms with van der Waals surface area (Å²) >= 11 is 5.82. The SMILES string of the molecule is Nc1cc(CCC(=O)O)ccc1OCc1ccc(Cl)cc1. The molecule has 0 saturated carbocycles. The van der Waals surface area contributed by atoms with Crippen LogP contribution in [0.1, 0.15) is 17.5 Å². The van der Waals surface area contributed by atoms with Gasteiger partial charge in [0.15, 0.2) is 0 Å². The number of halogens is 1. The molecule has 0 aliphatic heterocycles. The molecule has 0 bridgehead atoms. The number of aryl methyl sites for hydroxylation is 1. The summed E-state index contributed by atoms with van der Waals surface area (Å²) in [5.41, 5.74) is 8.31. The summed E-state index contributed by atoms with van der Waals surface area (Å²) in [6.07, 6.45) is 0.543. The first kappa shape index (κ1) is 15.2. The average Bonchev–Trinajstić information content (AvgIpc) is 2.46. The highest BCUT2D eigenvalue weighted by Gasteiger charge is 2.05. The number of hydrogen-bond acceptors (Lipinski definition) is 3. The Bertz CT molecular complexity index is 626. The third-order valence-electron chi connectivity index (χ3n) is 3.01. The molecular weight excluding hydrogens is 290 g/mol. The smallest absolute Gasteiger partial charge is 0.303 e. The second-order valence-corrected chi connectivity index (χ2v) is 5.12. The van der Waals surface area contributed by atoms with Crippen LogP contribution in [0.2, 0.25) is 5.02 Å². The number of rotatable bonds is 6. The maximum atomic E-state index is 10.5. The van der Waals surface area contributed by atoms with Gasteiger partial charge < -0.3 is 15.6 Å². The number of ether oxygens (including phenoxy) is 1. The van der Waals surface area contributed by atoms with Gasteiger partial charge in [-0.3, -0.25) is 4.79 Å². The summed E-state index contributed by atoms with van der Waals surface area (Å²) < 4.78 is 5.66. The molecule has 0 radical (unpaired) electrons. The van der Waals surface area contributed by atoms with E-state index in [-0.39, 0.29) is 6.42 Å². The summed E-state index contributed by atoms with van der Waals surface area (Å²) in [6, 6.07) is 12.7. The van der Waals surface area contributed by atoms with Crippen molar-refractivity contribution >= 4 is 23.3 Å². The van der Waals surface area contributed by atoms with Crippen LogP contribution in [-0.2, 0) is 17.8 Å². The van der Waals surface area contributed by atoms with Gasteiger partial charge in [0.2, 0.25) is 0 Å². The third kappa shape index (κ3) is 4.68. The van der Waals surface area contributed by atoms with Gasteiger partial charge >= 0.3 is 5.97 Å². The number of anilines is 1. The first-order chi connectivity index (χ1) is 10.0. The van der Waals surface area contributed by atoms with Crippen molar-refractivity contribution in [2.45, 2.75) is 19.4 Å². The van der Waals surface area contributed by atoms with Gasteiger partial charge in [0.25, 0.3) is 0 Å². The minimum absolute atomic E-state index is 0.0877. The van der Waals surface area contributed by atoms with Crippen molar-refractivity contribution < 1.29 is 14.6 Å². The van der Waals surface area contributed by atoms with E-state index >= 15 is 0 Å². The van der Waals surface area contributed by atoms with Crippen LogP contribution in [-0.4, -0.2) is 11.1 Å². The van der Waals surface area contributed by atoms with E-state index in [9.17, 15) is 4.79 Å². The number of nitrogen functional groups attached to an aromatic ring is 1. The minimum Gasteiger partial charge on any atom is -0.487 e. The Balaban J connectivity index is 1.97. The van der Waals surface area contributed by atoms with E-state index in [2.05, 4.69) is 0 Å². The third-order valence-corrected chi connectivity index (χ3v) is 3.26. The Hall–Kier alpha value is -2.20. The molecule has 3 N–H and O–H groups in total. The highest BCUT2D eigenvalue weighted by atomic mass is 35.5. The first-order valence-electron chi connectivity index (χ1n) is 6.52. The molecule has 110 valence electrons. The fourth-order valence-electron chi connectivity index (χ4n) is 1.88. The maximum Gasteiger partial charge on any atom is 0.303 e. The highest BCUT2D eigenvalue weighted by Crippen LogP contribution is 2.24. The number of nitrogens with two attached hydrogens (primary N) is 1. The normalized spacial score (nSPS) is 10.3. The van der Waals surface area contributed by atoms with E-state index in [1.54, 1.807) is 24.3 Å². The Morgan fingerprint density at radius 3 is 2.43 bits per heavy atom. The van der Waals surface area contributed by atoms with Crippen LogP contribution >= 0.6 is 11.6 Å². The number of aliphatic carboxylic acids is 1. The van der Waals surface area contributed by atoms with E-state index < -0.39 is 5.97 Å². The molecule has 0 unspecified atom stereocenters. The fourth-order valence-corrected chi connectivity index (χ4v) is 2.00. The van der Waals surface area contributed by atoms with E-state index in [4.69, 9.17) is 27.2 Å². The summed E-state index contributed by atoms with van der Waals surface area (Å²) in [6.45, 7) is 0.399. The number of carboxylic acid groups (broad SMARTS) is 1. The van der Waals surface area contributed by atoms with Gasteiger partial charge in [-0.15, -0.1) is 0 Å². The molecule has 0 heterocycles. The number of carboxylic acids is 1. The zero-order valence-electron chi connectivity index (χ0n) is 11.4. The number of carbonyl (C=O) groups is 1. The van der Waals surface area contributed by atoms with E-state index in [0.29, 0.717) is 29.5 Å². The molecule has 2 aromatic carbocycles. The van der Waals surface area contributed by atoms with Gasteiger partial charge in [0, 0.05) is 11.4 Å². The van der Waals surface area contributed by atoms with Crippen molar-refractivity contribution in [3.05, 3.63) is 58.6 Å². The van der Waals surface area contributed by atoms with E-state index in [0.717, 1.165) is 11.1 Å². The van der Waals surface area contributed by atoms with Gasteiger partial charge in [0.1, 0.15) is 12.4 Å². The van der Waals surface area contributed by atoms with E-state index in [1.165, 1.54) is 0 Å². The Morgan fingerprint density at radius 1 is 1.14 bits per heavy atom.